The van der Waals surface area contributed by atoms with Gasteiger partial charge in [-0.3, -0.25) is 9.48 Å². The van der Waals surface area contributed by atoms with Crippen molar-refractivity contribution in [3.05, 3.63) is 58.1 Å². The molecule has 0 bridgehead atoms. The second-order valence-corrected chi connectivity index (χ2v) is 7.84. The van der Waals surface area contributed by atoms with Crippen molar-refractivity contribution in [3.8, 4) is 21.3 Å². The Balaban J connectivity index is 1.57. The second-order valence-electron chi connectivity index (χ2n) is 5.86. The summed E-state index contributed by atoms with van der Waals surface area (Å²) >= 11 is 2.73. The molecule has 1 N–H and O–H groups in total. The molecule has 9 heteroatoms. The average molecular weight is 404 g/mol. The predicted molar refractivity (Wildman–Crippen MR) is 102 cm³/mol. The molecule has 0 saturated heterocycles. The number of thiophene rings is 1. The number of aryl methyl sites for hydroxylation is 1. The van der Waals surface area contributed by atoms with Gasteiger partial charge in [-0.1, -0.05) is 0 Å². The Kier molecular flexibility index (Phi) is 4.71. The van der Waals surface area contributed by atoms with Gasteiger partial charge in [-0.2, -0.15) is 5.10 Å². The summed E-state index contributed by atoms with van der Waals surface area (Å²) in [6.45, 7) is 0. The molecule has 4 rings (SSSR count). The van der Waals surface area contributed by atoms with Gasteiger partial charge < -0.3 is 5.32 Å². The van der Waals surface area contributed by atoms with Crippen LogP contribution in [0.25, 0.3) is 21.3 Å². The van der Waals surface area contributed by atoms with Crippen molar-refractivity contribution >= 4 is 28.6 Å². The molecule has 0 aromatic carbocycles. The van der Waals surface area contributed by atoms with E-state index in [0.29, 0.717) is 11.3 Å². The van der Waals surface area contributed by atoms with Gasteiger partial charge in [0, 0.05) is 25.0 Å². The van der Waals surface area contributed by atoms with Crippen LogP contribution in [0.2, 0.25) is 0 Å². The predicted octanol–water partition coefficient (Wildman–Crippen LogP) is 4.83. The van der Waals surface area contributed by atoms with Crippen LogP contribution >= 0.6 is 22.7 Å². The van der Waals surface area contributed by atoms with Gasteiger partial charge in [0.2, 0.25) is 0 Å². The number of nitrogens with one attached hydrogen (secondary N) is 1. The fourth-order valence-corrected chi connectivity index (χ4v) is 4.28. The van der Waals surface area contributed by atoms with Gasteiger partial charge in [0.05, 0.1) is 15.4 Å². The third-order valence-electron chi connectivity index (χ3n) is 4.05. The van der Waals surface area contributed by atoms with E-state index in [1.54, 1.807) is 23.0 Å². The van der Waals surface area contributed by atoms with Crippen molar-refractivity contribution in [2.45, 2.75) is 12.8 Å². The molecule has 0 saturated carbocycles. The number of nitrogens with zero attached hydrogens (tertiary/aromatic N) is 3. The summed E-state index contributed by atoms with van der Waals surface area (Å²) in [6.07, 6.45) is 3.37. The van der Waals surface area contributed by atoms with Gasteiger partial charge in [-0.25, -0.2) is 13.8 Å². The van der Waals surface area contributed by atoms with Crippen molar-refractivity contribution in [2.24, 2.45) is 7.05 Å². The van der Waals surface area contributed by atoms with E-state index in [9.17, 15) is 13.6 Å². The van der Waals surface area contributed by atoms with Crippen molar-refractivity contribution in [1.82, 2.24) is 20.1 Å². The molecule has 138 valence electrons. The van der Waals surface area contributed by atoms with Gasteiger partial charge in [-0.05, 0) is 30.7 Å². The van der Waals surface area contributed by atoms with Gasteiger partial charge in [0.1, 0.15) is 28.1 Å². The highest BCUT2D eigenvalue weighted by molar-refractivity contribution is 7.17. The van der Waals surface area contributed by atoms with Crippen LogP contribution in [0.3, 0.4) is 0 Å². The quantitative estimate of drug-likeness (QED) is 0.678. The largest absolute Gasteiger partial charge is 0.317 e. The van der Waals surface area contributed by atoms with Crippen LogP contribution in [-0.4, -0.2) is 20.7 Å². The first-order valence-electron chi connectivity index (χ1n) is 8.13. The van der Waals surface area contributed by atoms with Crippen LogP contribution in [0, 0.1) is 0 Å². The van der Waals surface area contributed by atoms with Crippen molar-refractivity contribution in [3.63, 3.8) is 0 Å². The molecule has 0 fully saturated rings. The lowest BCUT2D eigenvalue weighted by atomic mass is 10.1. The Morgan fingerprint density at radius 2 is 2.19 bits per heavy atom. The van der Waals surface area contributed by atoms with E-state index >= 15 is 0 Å². The first kappa shape index (κ1) is 17.7. The maximum absolute atomic E-state index is 13.8. The van der Waals surface area contributed by atoms with Crippen LogP contribution in [0.4, 0.5) is 8.78 Å². The number of allylic oxidation sites excluding steroid dienone is 3. The third-order valence-corrected chi connectivity index (χ3v) is 5.95. The zero-order valence-electron chi connectivity index (χ0n) is 14.2. The lowest BCUT2D eigenvalue weighted by molar-refractivity contribution is 0.0967. The van der Waals surface area contributed by atoms with Crippen LogP contribution in [-0.2, 0) is 7.05 Å². The van der Waals surface area contributed by atoms with Gasteiger partial charge in [0.15, 0.2) is 0 Å². The number of thiazole rings is 1. The van der Waals surface area contributed by atoms with E-state index in [0.717, 1.165) is 21.3 Å². The summed E-state index contributed by atoms with van der Waals surface area (Å²) in [7, 11) is 1.81. The normalized spacial score (nSPS) is 14.4. The minimum absolute atomic E-state index is 0.0906. The molecule has 0 aliphatic heterocycles. The molecule has 0 unspecified atom stereocenters. The van der Waals surface area contributed by atoms with E-state index in [-0.39, 0.29) is 12.1 Å². The van der Waals surface area contributed by atoms with Crippen molar-refractivity contribution in [2.75, 3.05) is 0 Å². The molecule has 1 aliphatic carbocycles. The summed E-state index contributed by atoms with van der Waals surface area (Å²) < 4.78 is 29.3. The second kappa shape index (κ2) is 7.16. The Morgan fingerprint density at radius 1 is 1.33 bits per heavy atom. The minimum Gasteiger partial charge on any atom is -0.317 e. The molecule has 3 aromatic rings. The molecule has 1 amide bonds. The molecule has 1 aliphatic rings. The number of hydrogen-bond acceptors (Lipinski definition) is 5. The molecule has 3 aromatic heterocycles. The first-order valence-corrected chi connectivity index (χ1v) is 9.82. The highest BCUT2D eigenvalue weighted by atomic mass is 32.1. The van der Waals surface area contributed by atoms with E-state index in [4.69, 9.17) is 0 Å². The molecule has 0 spiro atoms. The van der Waals surface area contributed by atoms with Crippen LogP contribution in [0.15, 0.2) is 53.2 Å². The molecular weight excluding hydrogens is 390 g/mol. The molecule has 3 heterocycles. The fourth-order valence-electron chi connectivity index (χ4n) is 2.73. The number of halogens is 2. The number of hydrogen-bond donors (Lipinski definition) is 1. The highest BCUT2D eigenvalue weighted by Gasteiger charge is 2.21. The van der Waals surface area contributed by atoms with E-state index in [1.807, 2.05) is 18.5 Å². The minimum atomic E-state index is -0.733. The lowest BCUT2D eigenvalue weighted by Gasteiger charge is -2.12. The number of amides is 1. The standard InChI is InChI=1S/C18H14F2N4OS2/c1-24-13(9-12(23-24)18-21-7-8-26-18)14-5-6-15(27-14)17(25)22-16-10(19)3-2-4-11(16)20/h3,5-9H,2,4H2,1H3,(H,22,25). The number of rotatable bonds is 4. The smallest absolute Gasteiger partial charge is 0.265 e. The number of carbonyl (C=O) groups is 1. The van der Waals surface area contributed by atoms with Crippen LogP contribution in [0.5, 0.6) is 0 Å². The lowest BCUT2D eigenvalue weighted by Crippen LogP contribution is -2.24. The zero-order chi connectivity index (χ0) is 19.0. The molecule has 0 radical (unpaired) electrons. The number of aromatic nitrogens is 3. The Labute approximate surface area is 161 Å². The molecular formula is C18H14F2N4OS2. The highest BCUT2D eigenvalue weighted by Crippen LogP contribution is 2.32. The monoisotopic (exact) mass is 404 g/mol. The maximum Gasteiger partial charge on any atom is 0.265 e. The molecule has 5 nitrogen and oxygen atoms in total. The maximum atomic E-state index is 13.8. The fraction of sp³-hybridized carbons (Fsp3) is 0.167. The number of carbonyl (C=O) groups excluding carboxylic acids is 1. The summed E-state index contributed by atoms with van der Waals surface area (Å²) in [5.74, 6) is -1.91. The molecule has 27 heavy (non-hydrogen) atoms. The Hall–Kier alpha value is -2.65. The van der Waals surface area contributed by atoms with Crippen LogP contribution in [0.1, 0.15) is 22.5 Å². The van der Waals surface area contributed by atoms with E-state index in [1.165, 1.54) is 28.7 Å². The summed E-state index contributed by atoms with van der Waals surface area (Å²) in [4.78, 5) is 17.8. The average Bonchev–Trinajstić information content (AvgIpc) is 3.37. The summed E-state index contributed by atoms with van der Waals surface area (Å²) in [5, 5.41) is 9.49. The van der Waals surface area contributed by atoms with E-state index in [2.05, 4.69) is 15.4 Å². The van der Waals surface area contributed by atoms with Gasteiger partial charge >= 0.3 is 0 Å². The van der Waals surface area contributed by atoms with Crippen molar-refractivity contribution < 1.29 is 13.6 Å². The van der Waals surface area contributed by atoms with Gasteiger partial charge in [0.25, 0.3) is 5.91 Å². The third kappa shape index (κ3) is 3.47. The topological polar surface area (TPSA) is 59.8 Å². The Bertz CT molecular complexity index is 1060. The Morgan fingerprint density at radius 3 is 2.93 bits per heavy atom. The first-order chi connectivity index (χ1) is 13.0. The zero-order valence-corrected chi connectivity index (χ0v) is 15.8. The SMILES string of the molecule is Cn1nc(-c2nccs2)cc1-c1ccc(C(=O)NC2=C(F)CCC=C2F)s1. The van der Waals surface area contributed by atoms with Gasteiger partial charge in [-0.15, -0.1) is 22.7 Å². The van der Waals surface area contributed by atoms with Crippen LogP contribution < -0.4 is 5.32 Å². The van der Waals surface area contributed by atoms with Crippen molar-refractivity contribution in [1.29, 1.82) is 0 Å². The summed E-state index contributed by atoms with van der Waals surface area (Å²) in [5.41, 5.74) is 1.22. The summed E-state index contributed by atoms with van der Waals surface area (Å²) in [6, 6.07) is 5.33. The molecule has 0 atom stereocenters. The van der Waals surface area contributed by atoms with E-state index < -0.39 is 17.6 Å².